The monoisotopic (exact) mass is 400 g/mol. The number of hydrogen-bond donors (Lipinski definition) is 2. The Morgan fingerprint density at radius 1 is 1.04 bits per heavy atom. The van der Waals surface area contributed by atoms with Crippen LogP contribution < -0.4 is 15.4 Å². The van der Waals surface area contributed by atoms with Crippen molar-refractivity contribution in [3.63, 3.8) is 0 Å². The summed E-state index contributed by atoms with van der Waals surface area (Å²) in [6.45, 7) is 1.71. The summed E-state index contributed by atoms with van der Waals surface area (Å²) in [6.07, 6.45) is -4.45. The standard InChI is InChI=1S/C16H15F3N4O3S/c1-2-13(24)21-12-7-8-15(23-22-12)27-9-14(25)20-10-3-5-11(6-4-10)26-16(17,18)19/h3-8H,2,9H2,1H3,(H,20,25)(H,21,22,24). The van der Waals surface area contributed by atoms with Crippen LogP contribution in [-0.4, -0.2) is 34.1 Å². The van der Waals surface area contributed by atoms with Gasteiger partial charge in [-0.1, -0.05) is 18.7 Å². The molecule has 0 atom stereocenters. The van der Waals surface area contributed by atoms with Gasteiger partial charge in [0.15, 0.2) is 5.82 Å². The molecule has 1 aromatic heterocycles. The van der Waals surface area contributed by atoms with Crippen LogP contribution in [0.2, 0.25) is 0 Å². The minimum Gasteiger partial charge on any atom is -0.406 e. The Bertz CT molecular complexity index is 783. The largest absolute Gasteiger partial charge is 0.573 e. The van der Waals surface area contributed by atoms with E-state index >= 15 is 0 Å². The van der Waals surface area contributed by atoms with Gasteiger partial charge in [0.25, 0.3) is 0 Å². The van der Waals surface area contributed by atoms with Crippen molar-refractivity contribution in [2.24, 2.45) is 0 Å². The van der Waals surface area contributed by atoms with Crippen LogP contribution >= 0.6 is 11.8 Å². The number of halogens is 3. The Balaban J connectivity index is 1.81. The number of nitrogens with zero attached hydrogens (tertiary/aromatic N) is 2. The van der Waals surface area contributed by atoms with Crippen molar-refractivity contribution >= 4 is 35.1 Å². The molecule has 2 aromatic rings. The quantitative estimate of drug-likeness (QED) is 0.692. The summed E-state index contributed by atoms with van der Waals surface area (Å²) in [5.74, 6) is -0.585. The first kappa shape index (κ1) is 20.5. The van der Waals surface area contributed by atoms with Crippen LogP contribution in [0.15, 0.2) is 41.4 Å². The van der Waals surface area contributed by atoms with Gasteiger partial charge in [0.05, 0.1) is 5.75 Å². The van der Waals surface area contributed by atoms with Crippen molar-refractivity contribution in [2.75, 3.05) is 16.4 Å². The summed E-state index contributed by atoms with van der Waals surface area (Å²) in [7, 11) is 0. The third kappa shape index (κ3) is 7.52. The van der Waals surface area contributed by atoms with Crippen molar-refractivity contribution < 1.29 is 27.5 Å². The number of nitrogens with one attached hydrogen (secondary N) is 2. The minimum atomic E-state index is -4.77. The molecule has 0 aliphatic heterocycles. The maximum Gasteiger partial charge on any atom is 0.573 e. The molecule has 0 unspecified atom stereocenters. The van der Waals surface area contributed by atoms with Gasteiger partial charge in [-0.15, -0.1) is 23.4 Å². The lowest BCUT2D eigenvalue weighted by Gasteiger charge is -2.10. The summed E-state index contributed by atoms with van der Waals surface area (Å²) in [4.78, 5) is 23.1. The zero-order chi connectivity index (χ0) is 19.9. The van der Waals surface area contributed by atoms with Crippen LogP contribution in [0, 0.1) is 0 Å². The molecule has 2 N–H and O–H groups in total. The molecule has 1 aromatic carbocycles. The molecule has 11 heteroatoms. The molecule has 0 aliphatic carbocycles. The topological polar surface area (TPSA) is 93.2 Å². The van der Waals surface area contributed by atoms with Gasteiger partial charge in [-0.25, -0.2) is 0 Å². The fraction of sp³-hybridized carbons (Fsp3) is 0.250. The van der Waals surface area contributed by atoms with Crippen molar-refractivity contribution in [1.29, 1.82) is 0 Å². The average Bonchev–Trinajstić information content (AvgIpc) is 2.61. The highest BCUT2D eigenvalue weighted by Crippen LogP contribution is 2.24. The first-order valence-electron chi connectivity index (χ1n) is 7.67. The van der Waals surface area contributed by atoms with Gasteiger partial charge in [0.1, 0.15) is 10.8 Å². The van der Waals surface area contributed by atoms with Gasteiger partial charge < -0.3 is 15.4 Å². The lowest BCUT2D eigenvalue weighted by atomic mass is 10.3. The van der Waals surface area contributed by atoms with Crippen LogP contribution in [0.25, 0.3) is 0 Å². The SMILES string of the molecule is CCC(=O)Nc1ccc(SCC(=O)Nc2ccc(OC(F)(F)F)cc2)nn1. The molecule has 2 amide bonds. The number of thioether (sulfide) groups is 1. The number of amides is 2. The number of alkyl halides is 3. The van der Waals surface area contributed by atoms with Crippen LogP contribution in [0.1, 0.15) is 13.3 Å². The molecule has 0 saturated heterocycles. The summed E-state index contributed by atoms with van der Waals surface area (Å²) in [5.41, 5.74) is 0.332. The highest BCUT2D eigenvalue weighted by Gasteiger charge is 2.30. The van der Waals surface area contributed by atoms with E-state index in [1.165, 1.54) is 12.1 Å². The van der Waals surface area contributed by atoms with E-state index in [2.05, 4.69) is 25.6 Å². The lowest BCUT2D eigenvalue weighted by molar-refractivity contribution is -0.274. The second-order valence-corrected chi connectivity index (χ2v) is 6.06. The molecule has 2 rings (SSSR count). The zero-order valence-corrected chi connectivity index (χ0v) is 14.9. The van der Waals surface area contributed by atoms with Crippen molar-refractivity contribution in [3.8, 4) is 5.75 Å². The second kappa shape index (κ2) is 9.21. The smallest absolute Gasteiger partial charge is 0.406 e. The Morgan fingerprint density at radius 2 is 1.74 bits per heavy atom. The van der Waals surface area contributed by atoms with E-state index in [9.17, 15) is 22.8 Å². The molecule has 0 fully saturated rings. The molecule has 0 spiro atoms. The molecule has 144 valence electrons. The van der Waals surface area contributed by atoms with Crippen LogP contribution in [0.4, 0.5) is 24.7 Å². The van der Waals surface area contributed by atoms with Crippen LogP contribution in [0.5, 0.6) is 5.75 Å². The first-order valence-corrected chi connectivity index (χ1v) is 8.66. The Kier molecular flexibility index (Phi) is 6.99. The van der Waals surface area contributed by atoms with Gasteiger partial charge in [-0.05, 0) is 36.4 Å². The first-order chi connectivity index (χ1) is 12.7. The fourth-order valence-corrected chi connectivity index (χ4v) is 2.39. The van der Waals surface area contributed by atoms with E-state index in [1.807, 2.05) is 0 Å². The van der Waals surface area contributed by atoms with Crippen molar-refractivity contribution in [2.45, 2.75) is 24.7 Å². The molecule has 0 saturated carbocycles. The third-order valence-corrected chi connectivity index (χ3v) is 3.87. The van der Waals surface area contributed by atoms with Crippen molar-refractivity contribution in [3.05, 3.63) is 36.4 Å². The molecular formula is C16H15F3N4O3S. The number of hydrogen-bond acceptors (Lipinski definition) is 6. The highest BCUT2D eigenvalue weighted by molar-refractivity contribution is 7.99. The van der Waals surface area contributed by atoms with Gasteiger partial charge in [-0.2, -0.15) is 0 Å². The summed E-state index contributed by atoms with van der Waals surface area (Å²) < 4.78 is 40.0. The third-order valence-electron chi connectivity index (χ3n) is 2.95. The summed E-state index contributed by atoms with van der Waals surface area (Å²) in [5, 5.41) is 13.3. The Hall–Kier alpha value is -2.82. The van der Waals surface area contributed by atoms with Crippen LogP contribution in [-0.2, 0) is 9.59 Å². The minimum absolute atomic E-state index is 0.0240. The molecule has 27 heavy (non-hydrogen) atoms. The number of anilines is 2. The molecule has 1 heterocycles. The zero-order valence-electron chi connectivity index (χ0n) is 14.0. The predicted molar refractivity (Wildman–Crippen MR) is 93.4 cm³/mol. The van der Waals surface area contributed by atoms with E-state index in [0.29, 0.717) is 23.0 Å². The normalized spacial score (nSPS) is 11.0. The highest BCUT2D eigenvalue weighted by atomic mass is 32.2. The summed E-state index contributed by atoms with van der Waals surface area (Å²) >= 11 is 1.12. The number of benzene rings is 1. The van der Waals surface area contributed by atoms with E-state index in [4.69, 9.17) is 0 Å². The van der Waals surface area contributed by atoms with E-state index < -0.39 is 6.36 Å². The molecule has 0 radical (unpaired) electrons. The fourth-order valence-electron chi connectivity index (χ4n) is 1.77. The molecule has 0 bridgehead atoms. The van der Waals surface area contributed by atoms with Gasteiger partial charge >= 0.3 is 6.36 Å². The number of carbonyl (C=O) groups excluding carboxylic acids is 2. The Labute approximate surface area is 156 Å². The van der Waals surface area contributed by atoms with Crippen molar-refractivity contribution in [1.82, 2.24) is 10.2 Å². The van der Waals surface area contributed by atoms with E-state index in [-0.39, 0.29) is 23.3 Å². The van der Waals surface area contributed by atoms with Gasteiger partial charge in [0.2, 0.25) is 11.8 Å². The number of ether oxygens (including phenoxy) is 1. The number of rotatable bonds is 7. The lowest BCUT2D eigenvalue weighted by Crippen LogP contribution is -2.17. The van der Waals surface area contributed by atoms with Gasteiger partial charge in [0, 0.05) is 12.1 Å². The number of carbonyl (C=O) groups is 2. The maximum absolute atomic E-state index is 12.1. The second-order valence-electron chi connectivity index (χ2n) is 5.07. The summed E-state index contributed by atoms with van der Waals surface area (Å²) in [6, 6.07) is 7.99. The van der Waals surface area contributed by atoms with E-state index in [0.717, 1.165) is 23.9 Å². The Morgan fingerprint density at radius 3 is 2.30 bits per heavy atom. The number of aromatic nitrogens is 2. The maximum atomic E-state index is 12.1. The predicted octanol–water partition coefficient (Wildman–Crippen LogP) is 3.45. The molecule has 7 nitrogen and oxygen atoms in total. The van der Waals surface area contributed by atoms with E-state index in [1.54, 1.807) is 19.1 Å². The van der Waals surface area contributed by atoms with Crippen LogP contribution in [0.3, 0.4) is 0 Å². The average molecular weight is 400 g/mol. The van der Waals surface area contributed by atoms with Gasteiger partial charge in [-0.3, -0.25) is 9.59 Å². The molecule has 0 aliphatic rings. The molecular weight excluding hydrogens is 385 g/mol.